The van der Waals surface area contributed by atoms with Crippen molar-refractivity contribution < 1.29 is 18.6 Å². The zero-order valence-electron chi connectivity index (χ0n) is 10.4. The highest BCUT2D eigenvalue weighted by Crippen LogP contribution is 2.08. The fourth-order valence-corrected chi connectivity index (χ4v) is 1.86. The second-order valence-corrected chi connectivity index (χ2v) is 4.65. The molecule has 0 aliphatic rings. The van der Waals surface area contributed by atoms with Crippen LogP contribution in [0.15, 0.2) is 24.4 Å². The zero-order chi connectivity index (χ0) is 14.4. The van der Waals surface area contributed by atoms with Crippen LogP contribution in [0.2, 0.25) is 0 Å². The number of aliphatic hydroxyl groups is 1. The van der Waals surface area contributed by atoms with Crippen molar-refractivity contribution in [2.45, 2.75) is 12.6 Å². The first-order valence-electron chi connectivity index (χ1n) is 5.88. The molecule has 0 saturated carbocycles. The van der Waals surface area contributed by atoms with Gasteiger partial charge in [0, 0.05) is 13.1 Å². The highest BCUT2D eigenvalue weighted by Gasteiger charge is 2.07. The van der Waals surface area contributed by atoms with Crippen LogP contribution in [0.1, 0.15) is 5.56 Å². The molecule has 0 bridgehead atoms. The molecular formula is C12H13F2N3O2S. The molecule has 1 aromatic heterocycles. The topological polar surface area (TPSA) is 67.3 Å². The van der Waals surface area contributed by atoms with Gasteiger partial charge < -0.3 is 15.2 Å². The van der Waals surface area contributed by atoms with E-state index < -0.39 is 17.7 Å². The maximum atomic E-state index is 13.0. The lowest BCUT2D eigenvalue weighted by molar-refractivity contribution is 0.104. The van der Waals surface area contributed by atoms with Gasteiger partial charge in [-0.25, -0.2) is 8.78 Å². The number of rotatable bonds is 7. The molecule has 0 saturated heterocycles. The van der Waals surface area contributed by atoms with Gasteiger partial charge in [-0.3, -0.25) is 0 Å². The number of hydrogen-bond acceptors (Lipinski definition) is 6. The number of aromatic nitrogens is 2. The third kappa shape index (κ3) is 4.48. The molecule has 0 aliphatic heterocycles. The molecule has 2 aromatic rings. The van der Waals surface area contributed by atoms with Crippen molar-refractivity contribution in [3.8, 4) is 5.88 Å². The van der Waals surface area contributed by atoms with Crippen molar-refractivity contribution in [3.05, 3.63) is 41.6 Å². The van der Waals surface area contributed by atoms with Crippen molar-refractivity contribution in [2.24, 2.45) is 0 Å². The number of nitrogens with one attached hydrogen (secondary N) is 1. The lowest BCUT2D eigenvalue weighted by atomic mass is 10.2. The Kier molecular flexibility index (Phi) is 5.33. The molecule has 0 aliphatic carbocycles. The molecule has 1 heterocycles. The summed E-state index contributed by atoms with van der Waals surface area (Å²) in [7, 11) is 0. The first-order valence-corrected chi connectivity index (χ1v) is 6.61. The smallest absolute Gasteiger partial charge is 0.245 e. The highest BCUT2D eigenvalue weighted by atomic mass is 32.1. The van der Waals surface area contributed by atoms with Gasteiger partial charge in [-0.15, -0.1) is 4.37 Å². The molecule has 8 heteroatoms. The summed E-state index contributed by atoms with van der Waals surface area (Å²) in [5, 5.41) is 12.6. The number of ether oxygens (including phenoxy) is 1. The summed E-state index contributed by atoms with van der Waals surface area (Å²) in [5.74, 6) is -1.39. The standard InChI is InChI=1S/C12H13F2N3O2S/c13-10-2-1-8(3-11(10)14)4-15-5-9(18)7-19-12-6-16-20-17-12/h1-3,6,9,15,18H,4-5,7H2. The van der Waals surface area contributed by atoms with Gasteiger partial charge in [0.1, 0.15) is 18.9 Å². The fourth-order valence-electron chi connectivity index (χ4n) is 1.49. The summed E-state index contributed by atoms with van der Waals surface area (Å²) in [6, 6.07) is 3.67. The Morgan fingerprint density at radius 3 is 2.90 bits per heavy atom. The Morgan fingerprint density at radius 1 is 1.35 bits per heavy atom. The number of halogens is 2. The molecular weight excluding hydrogens is 288 g/mol. The van der Waals surface area contributed by atoms with Crippen LogP contribution in [-0.4, -0.2) is 33.1 Å². The van der Waals surface area contributed by atoms with E-state index in [4.69, 9.17) is 4.74 Å². The number of hydrogen-bond donors (Lipinski definition) is 2. The maximum absolute atomic E-state index is 13.0. The first kappa shape index (κ1) is 14.8. The molecule has 0 amide bonds. The minimum Gasteiger partial charge on any atom is -0.473 e. The van der Waals surface area contributed by atoms with E-state index in [2.05, 4.69) is 14.1 Å². The van der Waals surface area contributed by atoms with Gasteiger partial charge in [-0.2, -0.15) is 4.37 Å². The molecule has 108 valence electrons. The number of aliphatic hydroxyl groups excluding tert-OH is 1. The molecule has 2 N–H and O–H groups in total. The second-order valence-electron chi connectivity index (χ2n) is 4.09. The molecule has 2 rings (SSSR count). The van der Waals surface area contributed by atoms with Crippen LogP contribution in [0.5, 0.6) is 5.88 Å². The van der Waals surface area contributed by atoms with Crippen LogP contribution in [-0.2, 0) is 6.54 Å². The Bertz CT molecular complexity index is 540. The molecule has 20 heavy (non-hydrogen) atoms. The predicted octanol–water partition coefficient (Wildman–Crippen LogP) is 1.35. The first-order chi connectivity index (χ1) is 9.65. The van der Waals surface area contributed by atoms with Crippen LogP contribution in [0, 0.1) is 11.6 Å². The van der Waals surface area contributed by atoms with Crippen LogP contribution in [0.3, 0.4) is 0 Å². The molecule has 0 fully saturated rings. The molecule has 1 atom stereocenters. The number of benzene rings is 1. The van der Waals surface area contributed by atoms with E-state index in [9.17, 15) is 13.9 Å². The summed E-state index contributed by atoms with van der Waals surface area (Å²) < 4.78 is 38.5. The van der Waals surface area contributed by atoms with E-state index in [1.165, 1.54) is 12.3 Å². The second kappa shape index (κ2) is 7.22. The van der Waals surface area contributed by atoms with Crippen LogP contribution in [0.4, 0.5) is 8.78 Å². The van der Waals surface area contributed by atoms with Gasteiger partial charge in [0.15, 0.2) is 11.6 Å². The summed E-state index contributed by atoms with van der Waals surface area (Å²) in [6.45, 7) is 0.666. The van der Waals surface area contributed by atoms with Crippen LogP contribution in [0.25, 0.3) is 0 Å². The monoisotopic (exact) mass is 301 g/mol. The minimum atomic E-state index is -0.885. The molecule has 1 unspecified atom stereocenters. The fraction of sp³-hybridized carbons (Fsp3) is 0.333. The zero-order valence-corrected chi connectivity index (χ0v) is 11.2. The average molecular weight is 301 g/mol. The Morgan fingerprint density at radius 2 is 2.20 bits per heavy atom. The van der Waals surface area contributed by atoms with Gasteiger partial charge >= 0.3 is 0 Å². The third-order valence-corrected chi connectivity index (χ3v) is 2.92. The Labute approximate surface area is 118 Å². The largest absolute Gasteiger partial charge is 0.473 e. The minimum absolute atomic E-state index is 0.0796. The lowest BCUT2D eigenvalue weighted by Gasteiger charge is -2.12. The summed E-state index contributed by atoms with van der Waals surface area (Å²) in [4.78, 5) is 0. The van der Waals surface area contributed by atoms with Gasteiger partial charge in [0.25, 0.3) is 0 Å². The van der Waals surface area contributed by atoms with Crippen LogP contribution < -0.4 is 10.1 Å². The van der Waals surface area contributed by atoms with Crippen molar-refractivity contribution >= 4 is 11.7 Å². The highest BCUT2D eigenvalue weighted by molar-refractivity contribution is 6.99. The van der Waals surface area contributed by atoms with Crippen LogP contribution >= 0.6 is 11.7 Å². The van der Waals surface area contributed by atoms with Crippen molar-refractivity contribution in [2.75, 3.05) is 13.2 Å². The third-order valence-electron chi connectivity index (χ3n) is 2.46. The normalized spacial score (nSPS) is 12.3. The Balaban J connectivity index is 1.68. The summed E-state index contributed by atoms with van der Waals surface area (Å²) in [5.41, 5.74) is 0.598. The number of nitrogens with zero attached hydrogens (tertiary/aromatic N) is 2. The molecule has 5 nitrogen and oxygen atoms in total. The SMILES string of the molecule is OC(CNCc1ccc(F)c(F)c1)COc1cnsn1. The van der Waals surface area contributed by atoms with E-state index in [1.807, 2.05) is 0 Å². The van der Waals surface area contributed by atoms with Crippen molar-refractivity contribution in [1.82, 2.24) is 14.1 Å². The van der Waals surface area contributed by atoms with Crippen molar-refractivity contribution in [3.63, 3.8) is 0 Å². The molecule has 0 spiro atoms. The quantitative estimate of drug-likeness (QED) is 0.808. The van der Waals surface area contributed by atoms with Gasteiger partial charge in [0.05, 0.1) is 11.7 Å². The van der Waals surface area contributed by atoms with Gasteiger partial charge in [0.2, 0.25) is 5.88 Å². The van der Waals surface area contributed by atoms with Crippen molar-refractivity contribution in [1.29, 1.82) is 0 Å². The summed E-state index contributed by atoms with van der Waals surface area (Å²) >= 11 is 1.02. The van der Waals surface area contributed by atoms with E-state index in [0.717, 1.165) is 23.9 Å². The summed E-state index contributed by atoms with van der Waals surface area (Å²) in [6.07, 6.45) is 0.730. The molecule has 1 aromatic carbocycles. The lowest BCUT2D eigenvalue weighted by Crippen LogP contribution is -2.31. The van der Waals surface area contributed by atoms with Gasteiger partial charge in [-0.05, 0) is 17.7 Å². The Hall–Kier alpha value is -1.64. The van der Waals surface area contributed by atoms with E-state index in [-0.39, 0.29) is 13.2 Å². The average Bonchev–Trinajstić information content (AvgIpc) is 2.94. The predicted molar refractivity (Wildman–Crippen MR) is 69.5 cm³/mol. The van der Waals surface area contributed by atoms with E-state index >= 15 is 0 Å². The molecule has 0 radical (unpaired) electrons. The van der Waals surface area contributed by atoms with Gasteiger partial charge in [-0.1, -0.05) is 6.07 Å². The van der Waals surface area contributed by atoms with E-state index in [0.29, 0.717) is 18.0 Å². The maximum Gasteiger partial charge on any atom is 0.245 e. The van der Waals surface area contributed by atoms with E-state index in [1.54, 1.807) is 0 Å².